The van der Waals surface area contributed by atoms with Crippen LogP contribution in [0.5, 0.6) is 17.2 Å². The fraction of sp³-hybridized carbons (Fsp3) is 0. The Morgan fingerprint density at radius 1 is 1.10 bits per heavy atom. The maximum Gasteiger partial charge on any atom is 0.232 e. The van der Waals surface area contributed by atoms with Gasteiger partial charge in [0.15, 0.2) is 11.5 Å². The summed E-state index contributed by atoms with van der Waals surface area (Å²) < 4.78 is 5.44. The van der Waals surface area contributed by atoms with Crippen molar-refractivity contribution in [3.63, 3.8) is 0 Å². The van der Waals surface area contributed by atoms with E-state index in [-0.39, 0.29) is 39.4 Å². The Hall–Kier alpha value is -2.17. The van der Waals surface area contributed by atoms with Gasteiger partial charge in [-0.1, -0.05) is 23.2 Å². The molecule has 0 aromatic heterocycles. The highest BCUT2D eigenvalue weighted by Gasteiger charge is 2.30. The second-order valence-electron chi connectivity index (χ2n) is 4.45. The molecule has 0 saturated heterocycles. The first kappa shape index (κ1) is 13.8. The van der Waals surface area contributed by atoms with Gasteiger partial charge in [0.2, 0.25) is 5.78 Å². The summed E-state index contributed by atoms with van der Waals surface area (Å²) >= 11 is 11.9. The molecule has 2 aromatic carbocycles. The van der Waals surface area contributed by atoms with Crippen LogP contribution in [0.4, 0.5) is 0 Å². The number of phenolic OH excluding ortho intramolecular Hbond substituents is 2. The molecule has 3 rings (SSSR count). The predicted octanol–water partition coefficient (Wildman–Crippen LogP) is 4.02. The van der Waals surface area contributed by atoms with Gasteiger partial charge in [0.1, 0.15) is 11.5 Å². The van der Waals surface area contributed by atoms with E-state index >= 15 is 0 Å². The molecule has 0 spiro atoms. The van der Waals surface area contributed by atoms with E-state index in [0.29, 0.717) is 10.6 Å². The van der Waals surface area contributed by atoms with Crippen LogP contribution >= 0.6 is 23.2 Å². The van der Waals surface area contributed by atoms with Gasteiger partial charge in [-0.3, -0.25) is 4.79 Å². The average Bonchev–Trinajstić information content (AvgIpc) is 2.71. The molecule has 0 unspecified atom stereocenters. The lowest BCUT2D eigenvalue weighted by atomic mass is 10.1. The van der Waals surface area contributed by atoms with Gasteiger partial charge >= 0.3 is 0 Å². The molecule has 0 saturated carbocycles. The number of aromatic hydroxyl groups is 2. The Morgan fingerprint density at radius 2 is 1.86 bits per heavy atom. The highest BCUT2D eigenvalue weighted by molar-refractivity contribution is 6.37. The van der Waals surface area contributed by atoms with Crippen LogP contribution in [-0.4, -0.2) is 16.0 Å². The van der Waals surface area contributed by atoms with Gasteiger partial charge in [-0.2, -0.15) is 0 Å². The first-order chi connectivity index (χ1) is 9.95. The van der Waals surface area contributed by atoms with Crippen molar-refractivity contribution in [1.82, 2.24) is 0 Å². The molecule has 1 heterocycles. The minimum absolute atomic E-state index is 0.0233. The molecule has 6 heteroatoms. The number of hydrogen-bond donors (Lipinski definition) is 2. The van der Waals surface area contributed by atoms with Crippen molar-refractivity contribution in [3.8, 4) is 17.2 Å². The van der Waals surface area contributed by atoms with Crippen molar-refractivity contribution in [2.24, 2.45) is 0 Å². The van der Waals surface area contributed by atoms with Crippen LogP contribution in [0.3, 0.4) is 0 Å². The van der Waals surface area contributed by atoms with Crippen molar-refractivity contribution in [2.75, 3.05) is 0 Å². The standard InChI is InChI=1S/C15H8Cl2O4/c16-8-4-10-14(20)13(21-15(10)11(17)5-8)3-7-1-2-9(18)6-12(7)19/h1-6,18-19H/b13-3-. The Kier molecular flexibility index (Phi) is 3.27. The third kappa shape index (κ3) is 2.44. The first-order valence-electron chi connectivity index (χ1n) is 5.91. The summed E-state index contributed by atoms with van der Waals surface area (Å²) in [4.78, 5) is 12.2. The van der Waals surface area contributed by atoms with Crippen LogP contribution in [0.15, 0.2) is 36.1 Å². The number of carbonyl (C=O) groups excluding carboxylic acids is 1. The molecule has 0 aliphatic carbocycles. The van der Waals surface area contributed by atoms with Gasteiger partial charge in [0.25, 0.3) is 0 Å². The highest BCUT2D eigenvalue weighted by Crippen LogP contribution is 2.40. The second-order valence-corrected chi connectivity index (χ2v) is 5.29. The number of hydrogen-bond acceptors (Lipinski definition) is 4. The normalized spacial score (nSPS) is 15.1. The van der Waals surface area contributed by atoms with Crippen LogP contribution in [0, 0.1) is 0 Å². The summed E-state index contributed by atoms with van der Waals surface area (Å²) in [5, 5.41) is 19.6. The molecular formula is C15H8Cl2O4. The van der Waals surface area contributed by atoms with Crippen LogP contribution < -0.4 is 4.74 Å². The molecular weight excluding hydrogens is 315 g/mol. The van der Waals surface area contributed by atoms with Crippen LogP contribution in [0.2, 0.25) is 10.0 Å². The number of rotatable bonds is 1. The first-order valence-corrected chi connectivity index (χ1v) is 6.66. The number of benzene rings is 2. The molecule has 1 aliphatic rings. The molecule has 2 aromatic rings. The summed E-state index contributed by atoms with van der Waals surface area (Å²) in [5.74, 6) is -0.349. The van der Waals surface area contributed by atoms with Gasteiger partial charge in [-0.15, -0.1) is 0 Å². The Bertz CT molecular complexity index is 797. The lowest BCUT2D eigenvalue weighted by molar-refractivity contribution is 0.101. The van der Waals surface area contributed by atoms with Gasteiger partial charge in [0.05, 0.1) is 10.6 Å². The monoisotopic (exact) mass is 322 g/mol. The predicted molar refractivity (Wildman–Crippen MR) is 79.2 cm³/mol. The third-order valence-corrected chi connectivity index (χ3v) is 3.49. The number of Topliss-reactive ketones (excluding diaryl/α,β-unsaturated/α-hetero) is 1. The lowest BCUT2D eigenvalue weighted by Crippen LogP contribution is -1.98. The van der Waals surface area contributed by atoms with Gasteiger partial charge < -0.3 is 14.9 Å². The van der Waals surface area contributed by atoms with Gasteiger partial charge in [-0.05, 0) is 30.3 Å². The smallest absolute Gasteiger partial charge is 0.232 e. The summed E-state index contributed by atoms with van der Waals surface area (Å²) in [6.07, 6.45) is 1.38. The zero-order chi connectivity index (χ0) is 15.1. The fourth-order valence-corrected chi connectivity index (χ4v) is 2.54. The fourth-order valence-electron chi connectivity index (χ4n) is 2.01. The second kappa shape index (κ2) is 4.98. The molecule has 2 N–H and O–H groups in total. The summed E-state index contributed by atoms with van der Waals surface area (Å²) in [5.41, 5.74) is 0.614. The molecule has 0 radical (unpaired) electrons. The van der Waals surface area contributed by atoms with Gasteiger partial charge in [0, 0.05) is 16.7 Å². The van der Waals surface area contributed by atoms with Crippen molar-refractivity contribution in [1.29, 1.82) is 0 Å². The minimum Gasteiger partial charge on any atom is -0.508 e. The molecule has 4 nitrogen and oxygen atoms in total. The number of phenols is 2. The van der Waals surface area contributed by atoms with E-state index in [9.17, 15) is 15.0 Å². The number of ketones is 1. The van der Waals surface area contributed by atoms with Crippen LogP contribution in [0.25, 0.3) is 6.08 Å². The molecule has 106 valence electrons. The van der Waals surface area contributed by atoms with Crippen molar-refractivity contribution in [2.45, 2.75) is 0 Å². The summed E-state index contributed by atoms with van der Waals surface area (Å²) in [6.45, 7) is 0. The topological polar surface area (TPSA) is 66.8 Å². The number of halogens is 2. The van der Waals surface area contributed by atoms with Crippen molar-refractivity contribution < 1.29 is 19.7 Å². The average molecular weight is 323 g/mol. The zero-order valence-electron chi connectivity index (χ0n) is 10.4. The minimum atomic E-state index is -0.373. The van der Waals surface area contributed by atoms with Gasteiger partial charge in [-0.25, -0.2) is 0 Å². The number of carbonyl (C=O) groups is 1. The van der Waals surface area contributed by atoms with Crippen molar-refractivity contribution in [3.05, 3.63) is 57.3 Å². The maximum atomic E-state index is 12.2. The largest absolute Gasteiger partial charge is 0.508 e. The number of allylic oxidation sites excluding steroid dienone is 1. The number of ether oxygens (including phenoxy) is 1. The van der Waals surface area contributed by atoms with Crippen LogP contribution in [-0.2, 0) is 0 Å². The Morgan fingerprint density at radius 3 is 2.57 bits per heavy atom. The Labute approximate surface area is 129 Å². The van der Waals surface area contributed by atoms with Crippen LogP contribution in [0.1, 0.15) is 15.9 Å². The van der Waals surface area contributed by atoms with E-state index in [2.05, 4.69) is 0 Å². The third-order valence-electron chi connectivity index (χ3n) is 2.99. The van der Waals surface area contributed by atoms with E-state index in [1.165, 1.54) is 36.4 Å². The number of fused-ring (bicyclic) bond motifs is 1. The molecule has 21 heavy (non-hydrogen) atoms. The van der Waals surface area contributed by atoms with E-state index in [1.807, 2.05) is 0 Å². The van der Waals surface area contributed by atoms with E-state index in [4.69, 9.17) is 27.9 Å². The molecule has 0 amide bonds. The summed E-state index contributed by atoms with van der Waals surface area (Å²) in [7, 11) is 0. The lowest BCUT2D eigenvalue weighted by Gasteiger charge is -2.02. The highest BCUT2D eigenvalue weighted by atomic mass is 35.5. The van der Waals surface area contributed by atoms with E-state index < -0.39 is 0 Å². The molecule has 1 aliphatic heterocycles. The SMILES string of the molecule is O=C1/C(=C/c2ccc(O)cc2O)Oc2c(Cl)cc(Cl)cc21. The Balaban J connectivity index is 2.05. The van der Waals surface area contributed by atoms with E-state index in [0.717, 1.165) is 0 Å². The molecule has 0 fully saturated rings. The summed E-state index contributed by atoms with van der Waals surface area (Å²) in [6, 6.07) is 6.98. The maximum absolute atomic E-state index is 12.2. The molecule has 0 bridgehead atoms. The van der Waals surface area contributed by atoms with E-state index in [1.54, 1.807) is 0 Å². The zero-order valence-corrected chi connectivity index (χ0v) is 11.9. The van der Waals surface area contributed by atoms with Crippen molar-refractivity contribution >= 4 is 35.1 Å². The quantitative estimate of drug-likeness (QED) is 0.778. The molecule has 0 atom stereocenters.